The number of aromatic carboxylic acids is 1. The normalized spacial score (nSPS) is 10.3. The minimum absolute atomic E-state index is 0.0257. The van der Waals surface area contributed by atoms with Crippen molar-refractivity contribution in [2.24, 2.45) is 0 Å². The Hall–Kier alpha value is -2.07. The average Bonchev–Trinajstić information content (AvgIpc) is 2.30. The van der Waals surface area contributed by atoms with Gasteiger partial charge in [0, 0.05) is 6.20 Å². The summed E-state index contributed by atoms with van der Waals surface area (Å²) in [6, 6.07) is 7.05. The molecule has 2 rings (SSSR count). The molecule has 0 aliphatic heterocycles. The minimum atomic E-state index is -1.08. The van der Waals surface area contributed by atoms with Crippen LogP contribution in [0.15, 0.2) is 30.5 Å². The van der Waals surface area contributed by atoms with Gasteiger partial charge >= 0.3 is 5.97 Å². The summed E-state index contributed by atoms with van der Waals surface area (Å²) in [5.74, 6) is -0.265. The molecular formula is C14H12ClNO3. The molecule has 1 heterocycles. The maximum atomic E-state index is 10.8. The number of nitrogens with zero attached hydrogens (tertiary/aromatic N) is 1. The van der Waals surface area contributed by atoms with Crippen LogP contribution < -0.4 is 4.74 Å². The van der Waals surface area contributed by atoms with Gasteiger partial charge in [-0.2, -0.15) is 0 Å². The number of ether oxygens (including phenoxy) is 1. The zero-order chi connectivity index (χ0) is 14.0. The molecule has 2 aromatic rings. The molecule has 0 bridgehead atoms. The predicted octanol–water partition coefficient (Wildman–Crippen LogP) is 3.84. The Morgan fingerprint density at radius 1 is 1.21 bits per heavy atom. The fourth-order valence-electron chi connectivity index (χ4n) is 1.72. The molecule has 0 amide bonds. The molecule has 4 nitrogen and oxygen atoms in total. The van der Waals surface area contributed by atoms with Crippen molar-refractivity contribution in [2.75, 3.05) is 0 Å². The molecule has 0 radical (unpaired) electrons. The lowest BCUT2D eigenvalue weighted by molar-refractivity contribution is 0.0696. The number of hydrogen-bond donors (Lipinski definition) is 1. The second-order valence-corrected chi connectivity index (χ2v) is 4.65. The molecule has 0 aliphatic carbocycles. The lowest BCUT2D eigenvalue weighted by Gasteiger charge is -2.08. The highest BCUT2D eigenvalue weighted by Crippen LogP contribution is 2.28. The Bertz CT molecular complexity index is 620. The van der Waals surface area contributed by atoms with Crippen molar-refractivity contribution in [3.05, 3.63) is 52.2 Å². The lowest BCUT2D eigenvalue weighted by atomic mass is 10.1. The standard InChI is InChI=1S/C14H12ClNO3/c1-8-3-9(2)5-11(4-8)19-13-12(15)6-10(7-16-13)14(17)18/h3-7H,1-2H3,(H,17,18). The van der Waals surface area contributed by atoms with E-state index >= 15 is 0 Å². The van der Waals surface area contributed by atoms with Crippen LogP contribution in [0.1, 0.15) is 21.5 Å². The van der Waals surface area contributed by atoms with Crippen molar-refractivity contribution >= 4 is 17.6 Å². The van der Waals surface area contributed by atoms with Crippen LogP contribution in [-0.4, -0.2) is 16.1 Å². The zero-order valence-electron chi connectivity index (χ0n) is 10.5. The predicted molar refractivity (Wildman–Crippen MR) is 72.2 cm³/mol. The first-order chi connectivity index (χ1) is 8.95. The van der Waals surface area contributed by atoms with Crippen molar-refractivity contribution < 1.29 is 14.6 Å². The topological polar surface area (TPSA) is 59.4 Å². The van der Waals surface area contributed by atoms with Crippen molar-refractivity contribution in [2.45, 2.75) is 13.8 Å². The third-order valence-electron chi connectivity index (χ3n) is 2.46. The maximum absolute atomic E-state index is 10.8. The molecule has 0 fully saturated rings. The van der Waals surface area contributed by atoms with E-state index < -0.39 is 5.97 Å². The van der Waals surface area contributed by atoms with Crippen molar-refractivity contribution in [3.8, 4) is 11.6 Å². The Labute approximate surface area is 115 Å². The van der Waals surface area contributed by atoms with E-state index in [-0.39, 0.29) is 16.5 Å². The highest BCUT2D eigenvalue weighted by molar-refractivity contribution is 6.32. The molecule has 0 unspecified atom stereocenters. The van der Waals surface area contributed by atoms with Crippen LogP contribution in [0, 0.1) is 13.8 Å². The number of aryl methyl sites for hydroxylation is 2. The molecule has 0 saturated carbocycles. The molecule has 1 N–H and O–H groups in total. The van der Waals surface area contributed by atoms with Crippen molar-refractivity contribution in [1.29, 1.82) is 0 Å². The van der Waals surface area contributed by atoms with E-state index in [1.165, 1.54) is 12.3 Å². The van der Waals surface area contributed by atoms with Crippen LogP contribution in [0.2, 0.25) is 5.02 Å². The second-order valence-electron chi connectivity index (χ2n) is 4.24. The monoisotopic (exact) mass is 277 g/mol. The molecule has 19 heavy (non-hydrogen) atoms. The van der Waals surface area contributed by atoms with Crippen LogP contribution in [0.25, 0.3) is 0 Å². The summed E-state index contributed by atoms with van der Waals surface area (Å²) in [6.45, 7) is 3.92. The molecule has 0 spiro atoms. The average molecular weight is 278 g/mol. The van der Waals surface area contributed by atoms with Crippen LogP contribution >= 0.6 is 11.6 Å². The van der Waals surface area contributed by atoms with Crippen LogP contribution in [0.5, 0.6) is 11.6 Å². The number of halogens is 1. The van der Waals surface area contributed by atoms with Crippen molar-refractivity contribution in [1.82, 2.24) is 4.98 Å². The fourth-order valence-corrected chi connectivity index (χ4v) is 1.93. The Morgan fingerprint density at radius 2 is 1.84 bits per heavy atom. The van der Waals surface area contributed by atoms with Gasteiger partial charge in [-0.3, -0.25) is 0 Å². The van der Waals surface area contributed by atoms with Gasteiger partial charge in [-0.05, 0) is 43.2 Å². The first-order valence-corrected chi connectivity index (χ1v) is 5.98. The van der Waals surface area contributed by atoms with E-state index in [4.69, 9.17) is 21.4 Å². The molecule has 5 heteroatoms. The third-order valence-corrected chi connectivity index (χ3v) is 2.73. The number of rotatable bonds is 3. The molecule has 0 aliphatic rings. The van der Waals surface area contributed by atoms with E-state index in [0.717, 1.165) is 11.1 Å². The Morgan fingerprint density at radius 3 is 2.37 bits per heavy atom. The first-order valence-electron chi connectivity index (χ1n) is 5.60. The Balaban J connectivity index is 2.30. The third kappa shape index (κ3) is 3.23. The Kier molecular flexibility index (Phi) is 3.71. The summed E-state index contributed by atoms with van der Waals surface area (Å²) in [7, 11) is 0. The summed E-state index contributed by atoms with van der Waals surface area (Å²) in [4.78, 5) is 14.7. The number of carboxylic acid groups (broad SMARTS) is 1. The molecule has 1 aromatic carbocycles. The van der Waals surface area contributed by atoms with Gasteiger partial charge in [0.1, 0.15) is 10.8 Å². The van der Waals surface area contributed by atoms with Gasteiger partial charge in [-0.15, -0.1) is 0 Å². The van der Waals surface area contributed by atoms with Crippen molar-refractivity contribution in [3.63, 3.8) is 0 Å². The van der Waals surface area contributed by atoms with E-state index in [2.05, 4.69) is 4.98 Å². The van der Waals surface area contributed by atoms with Gasteiger partial charge in [0.2, 0.25) is 5.88 Å². The van der Waals surface area contributed by atoms with E-state index in [0.29, 0.717) is 5.75 Å². The van der Waals surface area contributed by atoms with Crippen LogP contribution in [-0.2, 0) is 0 Å². The number of pyridine rings is 1. The first kappa shape index (κ1) is 13.4. The number of hydrogen-bond acceptors (Lipinski definition) is 3. The summed E-state index contributed by atoms with van der Waals surface area (Å²) in [5, 5.41) is 8.99. The zero-order valence-corrected chi connectivity index (χ0v) is 11.2. The van der Waals surface area contributed by atoms with Crippen LogP contribution in [0.4, 0.5) is 0 Å². The molecule has 0 atom stereocenters. The van der Waals surface area contributed by atoms with E-state index in [1.54, 1.807) is 0 Å². The molecule has 1 aromatic heterocycles. The molecule has 0 saturated heterocycles. The largest absolute Gasteiger partial charge is 0.478 e. The van der Waals surface area contributed by atoms with Gasteiger partial charge in [0.05, 0.1) is 5.56 Å². The van der Waals surface area contributed by atoms with Gasteiger partial charge in [0.25, 0.3) is 0 Å². The smallest absolute Gasteiger partial charge is 0.337 e. The van der Waals surface area contributed by atoms with Gasteiger partial charge in [-0.25, -0.2) is 9.78 Å². The summed E-state index contributed by atoms with van der Waals surface area (Å²) in [6.07, 6.45) is 1.21. The number of carbonyl (C=O) groups is 1. The number of benzene rings is 1. The summed E-state index contributed by atoms with van der Waals surface area (Å²) < 4.78 is 5.57. The highest BCUT2D eigenvalue weighted by atomic mass is 35.5. The fraction of sp³-hybridized carbons (Fsp3) is 0.143. The second kappa shape index (κ2) is 5.28. The quantitative estimate of drug-likeness (QED) is 0.926. The minimum Gasteiger partial charge on any atom is -0.478 e. The molecule has 98 valence electrons. The molecular weight excluding hydrogens is 266 g/mol. The van der Waals surface area contributed by atoms with Gasteiger partial charge in [0.15, 0.2) is 0 Å². The number of aromatic nitrogens is 1. The maximum Gasteiger partial charge on any atom is 0.337 e. The summed E-state index contributed by atoms with van der Waals surface area (Å²) >= 11 is 5.95. The lowest BCUT2D eigenvalue weighted by Crippen LogP contribution is -1.98. The van der Waals surface area contributed by atoms with E-state index in [1.807, 2.05) is 32.0 Å². The number of carboxylic acids is 1. The van der Waals surface area contributed by atoms with Gasteiger partial charge in [-0.1, -0.05) is 17.7 Å². The van der Waals surface area contributed by atoms with Crippen LogP contribution in [0.3, 0.4) is 0 Å². The summed E-state index contributed by atoms with van der Waals surface area (Å²) in [5.41, 5.74) is 2.15. The van der Waals surface area contributed by atoms with E-state index in [9.17, 15) is 4.79 Å². The van der Waals surface area contributed by atoms with Gasteiger partial charge < -0.3 is 9.84 Å². The highest BCUT2D eigenvalue weighted by Gasteiger charge is 2.10. The SMILES string of the molecule is Cc1cc(C)cc(Oc2ncc(C(=O)O)cc2Cl)c1.